The van der Waals surface area contributed by atoms with E-state index in [0.29, 0.717) is 6.29 Å². The highest BCUT2D eigenvalue weighted by atomic mass is 19.1. The van der Waals surface area contributed by atoms with E-state index < -0.39 is 34.6 Å². The van der Waals surface area contributed by atoms with Crippen molar-refractivity contribution < 1.29 is 33.5 Å². The van der Waals surface area contributed by atoms with E-state index in [-0.39, 0.29) is 40.7 Å². The van der Waals surface area contributed by atoms with Crippen molar-refractivity contribution in [1.29, 1.82) is 0 Å². The number of hydrogen-bond donors (Lipinski definition) is 3. The van der Waals surface area contributed by atoms with Crippen molar-refractivity contribution in [2.45, 2.75) is 12.6 Å². The van der Waals surface area contributed by atoms with Crippen molar-refractivity contribution in [3.05, 3.63) is 70.5 Å². The number of aliphatic imine (C=N–C) groups is 1. The Morgan fingerprint density at radius 1 is 1.34 bits per heavy atom. The molecule has 1 aliphatic rings. The number of nitrogens with one attached hydrogen (secondary N) is 2. The number of aliphatic carboxylic acids is 1. The van der Waals surface area contributed by atoms with Gasteiger partial charge in [-0.05, 0) is 24.3 Å². The van der Waals surface area contributed by atoms with Gasteiger partial charge in [-0.25, -0.2) is 24.0 Å². The minimum Gasteiger partial charge on any atom is -0.477 e. The fraction of sp³-hybridized carbons (Fsp3) is 0.0952. The standard InChI is InChI=1S/C21H15FN6O7/c22-11-2-1-3-12(4-11)24-21(32)35-9-13-7-27(10-23-13)17-5-15-14(6-18(17)28(33)34)25-16(8-29)19(26-15)20(30)31/h1-8,10,16,25H,9H2,(H,24,32)(H,30,31). The lowest BCUT2D eigenvalue weighted by Gasteiger charge is -2.21. The van der Waals surface area contributed by atoms with E-state index in [4.69, 9.17) is 4.74 Å². The fourth-order valence-electron chi connectivity index (χ4n) is 3.27. The molecule has 3 N–H and O–H groups in total. The molecule has 0 radical (unpaired) electrons. The summed E-state index contributed by atoms with van der Waals surface area (Å²) >= 11 is 0. The molecule has 0 spiro atoms. The molecule has 13 nitrogen and oxygen atoms in total. The van der Waals surface area contributed by atoms with Crippen LogP contribution in [0, 0.1) is 15.9 Å². The van der Waals surface area contributed by atoms with Crippen LogP contribution in [0.5, 0.6) is 0 Å². The van der Waals surface area contributed by atoms with E-state index in [1.165, 1.54) is 41.4 Å². The van der Waals surface area contributed by atoms with Crippen LogP contribution in [0.1, 0.15) is 5.69 Å². The van der Waals surface area contributed by atoms with E-state index >= 15 is 0 Å². The molecular weight excluding hydrogens is 467 g/mol. The maximum atomic E-state index is 13.2. The number of ether oxygens (including phenoxy) is 1. The van der Waals surface area contributed by atoms with Crippen molar-refractivity contribution >= 4 is 46.8 Å². The van der Waals surface area contributed by atoms with Gasteiger partial charge < -0.3 is 20.0 Å². The number of carbonyl (C=O) groups excluding carboxylic acids is 2. The first-order valence-corrected chi connectivity index (χ1v) is 9.84. The Hall–Kier alpha value is -5.14. The number of carbonyl (C=O) groups is 3. The number of nitro groups is 1. The summed E-state index contributed by atoms with van der Waals surface area (Å²) in [6.45, 7) is -0.295. The van der Waals surface area contributed by atoms with Gasteiger partial charge in [0.05, 0.1) is 28.3 Å². The lowest BCUT2D eigenvalue weighted by atomic mass is 10.1. The molecule has 1 atom stereocenters. The number of nitrogens with zero attached hydrogens (tertiary/aromatic N) is 4. The average molecular weight is 482 g/mol. The molecule has 0 saturated heterocycles. The summed E-state index contributed by atoms with van der Waals surface area (Å²) in [5, 5.41) is 25.9. The van der Waals surface area contributed by atoms with Gasteiger partial charge in [-0.2, -0.15) is 0 Å². The Bertz CT molecular complexity index is 1390. The molecule has 0 fully saturated rings. The Labute approximate surface area is 195 Å². The van der Waals surface area contributed by atoms with Gasteiger partial charge in [-0.15, -0.1) is 0 Å². The van der Waals surface area contributed by atoms with Crippen LogP contribution in [0.25, 0.3) is 5.69 Å². The Morgan fingerprint density at radius 3 is 2.83 bits per heavy atom. The molecule has 1 amide bonds. The van der Waals surface area contributed by atoms with Crippen LogP contribution in [0.3, 0.4) is 0 Å². The molecule has 1 unspecified atom stereocenters. The topological polar surface area (TPSA) is 178 Å². The Balaban J connectivity index is 1.56. The lowest BCUT2D eigenvalue weighted by molar-refractivity contribution is -0.384. The first kappa shape index (κ1) is 23.0. The van der Waals surface area contributed by atoms with Crippen LogP contribution in [0.4, 0.5) is 31.9 Å². The lowest BCUT2D eigenvalue weighted by Crippen LogP contribution is -2.38. The third-order valence-corrected chi connectivity index (χ3v) is 4.83. The number of fused-ring (bicyclic) bond motifs is 1. The number of imidazole rings is 1. The van der Waals surface area contributed by atoms with Crippen LogP contribution >= 0.6 is 0 Å². The zero-order valence-electron chi connectivity index (χ0n) is 17.5. The number of nitro benzene ring substituents is 1. The number of halogens is 1. The summed E-state index contributed by atoms with van der Waals surface area (Å²) in [4.78, 5) is 53.6. The zero-order valence-corrected chi connectivity index (χ0v) is 17.5. The first-order valence-electron chi connectivity index (χ1n) is 9.84. The van der Waals surface area contributed by atoms with Crippen LogP contribution in [-0.4, -0.2) is 49.7 Å². The second-order valence-corrected chi connectivity index (χ2v) is 7.16. The van der Waals surface area contributed by atoms with Crippen LogP contribution in [0.2, 0.25) is 0 Å². The van der Waals surface area contributed by atoms with E-state index in [0.717, 1.165) is 12.1 Å². The van der Waals surface area contributed by atoms with Gasteiger partial charge in [0.25, 0.3) is 5.69 Å². The number of aromatic nitrogens is 2. The molecule has 2 heterocycles. The second kappa shape index (κ2) is 9.38. The molecule has 2 aromatic carbocycles. The van der Waals surface area contributed by atoms with Gasteiger partial charge in [-0.1, -0.05) is 6.07 Å². The summed E-state index contributed by atoms with van der Waals surface area (Å²) < 4.78 is 19.5. The van der Waals surface area contributed by atoms with E-state index in [2.05, 4.69) is 20.6 Å². The highest BCUT2D eigenvalue weighted by Gasteiger charge is 2.30. The van der Waals surface area contributed by atoms with Crippen LogP contribution in [-0.2, 0) is 20.9 Å². The number of anilines is 2. The predicted molar refractivity (Wildman–Crippen MR) is 119 cm³/mol. The number of amides is 1. The SMILES string of the molecule is O=CC1Nc2cc([N+](=O)[O-])c(-n3cnc(COC(=O)Nc4cccc(F)c4)c3)cc2N=C1C(=O)O. The third kappa shape index (κ3) is 4.95. The smallest absolute Gasteiger partial charge is 0.412 e. The number of hydrogen-bond acceptors (Lipinski definition) is 9. The van der Waals surface area contributed by atoms with Crippen molar-refractivity contribution in [2.75, 3.05) is 10.6 Å². The monoisotopic (exact) mass is 482 g/mol. The zero-order chi connectivity index (χ0) is 25.1. The number of rotatable bonds is 7. The molecule has 4 rings (SSSR count). The molecule has 0 aliphatic carbocycles. The molecule has 178 valence electrons. The molecular formula is C21H15FN6O7. The normalized spacial score (nSPS) is 14.2. The quantitative estimate of drug-likeness (QED) is 0.259. The highest BCUT2D eigenvalue weighted by Crippen LogP contribution is 2.38. The van der Waals surface area contributed by atoms with Gasteiger partial charge in [0, 0.05) is 18.0 Å². The molecule has 0 saturated carbocycles. The predicted octanol–water partition coefficient (Wildman–Crippen LogP) is 2.82. The summed E-state index contributed by atoms with van der Waals surface area (Å²) in [5.74, 6) is -1.95. The number of carboxylic acid groups (broad SMARTS) is 1. The minimum absolute atomic E-state index is 0.0107. The van der Waals surface area contributed by atoms with Crippen LogP contribution in [0.15, 0.2) is 53.9 Å². The number of benzene rings is 2. The average Bonchev–Trinajstić information content (AvgIpc) is 3.30. The molecule has 3 aromatic rings. The molecule has 35 heavy (non-hydrogen) atoms. The van der Waals surface area contributed by atoms with Crippen molar-refractivity contribution in [1.82, 2.24) is 9.55 Å². The Morgan fingerprint density at radius 2 is 2.14 bits per heavy atom. The number of carboxylic acids is 1. The first-order chi connectivity index (χ1) is 16.7. The third-order valence-electron chi connectivity index (χ3n) is 4.83. The van der Waals surface area contributed by atoms with Crippen LogP contribution < -0.4 is 10.6 Å². The molecule has 1 aliphatic heterocycles. The van der Waals surface area contributed by atoms with Gasteiger partial charge in [-0.3, -0.25) is 20.0 Å². The Kier molecular flexibility index (Phi) is 6.17. The van der Waals surface area contributed by atoms with E-state index in [1.54, 1.807) is 0 Å². The second-order valence-electron chi connectivity index (χ2n) is 7.16. The summed E-state index contributed by atoms with van der Waals surface area (Å²) in [6, 6.07) is 6.35. The van der Waals surface area contributed by atoms with Gasteiger partial charge >= 0.3 is 12.1 Å². The van der Waals surface area contributed by atoms with Crippen molar-refractivity contribution in [2.24, 2.45) is 4.99 Å². The van der Waals surface area contributed by atoms with Gasteiger partial charge in [0.2, 0.25) is 0 Å². The number of aldehydes is 1. The van der Waals surface area contributed by atoms with E-state index in [9.17, 15) is 34.0 Å². The maximum Gasteiger partial charge on any atom is 0.412 e. The summed E-state index contributed by atoms with van der Waals surface area (Å²) in [5.41, 5.74) is -0.212. The minimum atomic E-state index is -1.42. The maximum absolute atomic E-state index is 13.2. The summed E-state index contributed by atoms with van der Waals surface area (Å²) in [6.07, 6.45) is 2.08. The summed E-state index contributed by atoms with van der Waals surface area (Å²) in [7, 11) is 0. The van der Waals surface area contributed by atoms with Gasteiger partial charge in [0.1, 0.15) is 30.4 Å². The molecule has 0 bridgehead atoms. The molecule has 1 aromatic heterocycles. The van der Waals surface area contributed by atoms with E-state index in [1.807, 2.05) is 0 Å². The van der Waals surface area contributed by atoms with Gasteiger partial charge in [0.15, 0.2) is 5.71 Å². The highest BCUT2D eigenvalue weighted by molar-refractivity contribution is 6.42. The largest absolute Gasteiger partial charge is 0.477 e. The van der Waals surface area contributed by atoms with Crippen molar-refractivity contribution in [3.8, 4) is 5.69 Å². The van der Waals surface area contributed by atoms with Crippen molar-refractivity contribution in [3.63, 3.8) is 0 Å². The molecule has 14 heteroatoms. The fourth-order valence-corrected chi connectivity index (χ4v) is 3.27.